The number of hydrogen-bond acceptors (Lipinski definition) is 2. The lowest BCUT2D eigenvalue weighted by Crippen LogP contribution is -2.32. The summed E-state index contributed by atoms with van der Waals surface area (Å²) < 4.78 is 0. The number of aromatic amines is 1. The van der Waals surface area contributed by atoms with Crippen LogP contribution in [0.1, 0.15) is 28.4 Å². The fraction of sp³-hybridized carbons (Fsp3) is 0.211. The summed E-state index contributed by atoms with van der Waals surface area (Å²) in [6.07, 6.45) is 10.5. The van der Waals surface area contributed by atoms with Crippen LogP contribution in [-0.2, 0) is 12.8 Å². The van der Waals surface area contributed by atoms with Gasteiger partial charge in [-0.15, -0.1) is 0 Å². The first kappa shape index (κ1) is 12.0. The van der Waals surface area contributed by atoms with Gasteiger partial charge in [-0.2, -0.15) is 0 Å². The molecular weight excluding hydrogens is 270 g/mol. The Kier molecular flexibility index (Phi) is 2.45. The van der Waals surface area contributed by atoms with E-state index in [0.717, 1.165) is 19.4 Å². The molecule has 0 spiro atoms. The van der Waals surface area contributed by atoms with E-state index in [1.165, 1.54) is 33.3 Å². The second kappa shape index (κ2) is 4.47. The van der Waals surface area contributed by atoms with Crippen LogP contribution in [0, 0.1) is 0 Å². The van der Waals surface area contributed by atoms with Crippen molar-refractivity contribution < 1.29 is 0 Å². The summed E-state index contributed by atoms with van der Waals surface area (Å²) in [6, 6.07) is 11.2. The van der Waals surface area contributed by atoms with E-state index in [0.29, 0.717) is 6.04 Å². The van der Waals surface area contributed by atoms with E-state index in [2.05, 4.69) is 57.5 Å². The SMILES string of the molecule is C1=CN2CCc3c([nH]c4ccccc34)C2Cc2ccncc21. The van der Waals surface area contributed by atoms with Crippen molar-refractivity contribution in [2.24, 2.45) is 0 Å². The summed E-state index contributed by atoms with van der Waals surface area (Å²) in [5.74, 6) is 0. The van der Waals surface area contributed by atoms with E-state index in [4.69, 9.17) is 0 Å². The zero-order valence-electron chi connectivity index (χ0n) is 12.3. The third-order valence-electron chi connectivity index (χ3n) is 5.01. The standard InChI is InChI=1S/C19H17N3/c1-2-4-17-15(3-1)16-7-10-22-9-6-14-12-20-8-5-13(14)11-18(22)19(16)21-17/h1-6,8-9,12,18,21H,7,10-11H2. The molecule has 0 aliphatic carbocycles. The lowest BCUT2D eigenvalue weighted by Gasteiger charge is -2.34. The summed E-state index contributed by atoms with van der Waals surface area (Å²) in [7, 11) is 0. The summed E-state index contributed by atoms with van der Waals surface area (Å²) in [6.45, 7) is 1.08. The van der Waals surface area contributed by atoms with Gasteiger partial charge in [0.25, 0.3) is 0 Å². The third-order valence-corrected chi connectivity index (χ3v) is 5.01. The molecule has 2 aromatic heterocycles. The fourth-order valence-electron chi connectivity index (χ4n) is 3.89. The van der Waals surface area contributed by atoms with Crippen LogP contribution in [0.5, 0.6) is 0 Å². The molecule has 0 radical (unpaired) electrons. The first-order valence-corrected chi connectivity index (χ1v) is 7.86. The molecule has 0 amide bonds. The molecule has 2 aliphatic heterocycles. The number of para-hydroxylation sites is 1. The van der Waals surface area contributed by atoms with Gasteiger partial charge in [-0.05, 0) is 47.7 Å². The maximum Gasteiger partial charge on any atom is 0.0729 e. The molecule has 0 saturated carbocycles. The predicted molar refractivity (Wildman–Crippen MR) is 88.4 cm³/mol. The van der Waals surface area contributed by atoms with Gasteiger partial charge in [0.15, 0.2) is 0 Å². The Morgan fingerprint density at radius 3 is 3.14 bits per heavy atom. The van der Waals surface area contributed by atoms with Crippen LogP contribution in [0.4, 0.5) is 0 Å². The largest absolute Gasteiger partial charge is 0.368 e. The molecule has 0 fully saturated rings. The number of hydrogen-bond donors (Lipinski definition) is 1. The van der Waals surface area contributed by atoms with Crippen molar-refractivity contribution in [1.29, 1.82) is 0 Å². The third kappa shape index (κ3) is 1.65. The van der Waals surface area contributed by atoms with Gasteiger partial charge in [0.05, 0.1) is 6.04 Å². The van der Waals surface area contributed by atoms with Crippen LogP contribution in [0.15, 0.2) is 48.9 Å². The first-order chi connectivity index (χ1) is 10.9. The minimum Gasteiger partial charge on any atom is -0.368 e. The Balaban J connectivity index is 1.69. The highest BCUT2D eigenvalue weighted by Gasteiger charge is 2.30. The molecule has 108 valence electrons. The Hall–Kier alpha value is -2.55. The van der Waals surface area contributed by atoms with E-state index in [1.807, 2.05) is 12.4 Å². The van der Waals surface area contributed by atoms with E-state index < -0.39 is 0 Å². The number of nitrogens with zero attached hydrogens (tertiary/aromatic N) is 2. The van der Waals surface area contributed by atoms with Crippen molar-refractivity contribution in [3.05, 3.63) is 71.3 Å². The van der Waals surface area contributed by atoms with Gasteiger partial charge in [-0.1, -0.05) is 18.2 Å². The average molecular weight is 287 g/mol. The van der Waals surface area contributed by atoms with Crippen molar-refractivity contribution >= 4 is 17.0 Å². The molecule has 22 heavy (non-hydrogen) atoms. The van der Waals surface area contributed by atoms with Gasteiger partial charge < -0.3 is 9.88 Å². The van der Waals surface area contributed by atoms with E-state index in [-0.39, 0.29) is 0 Å². The minimum absolute atomic E-state index is 0.399. The summed E-state index contributed by atoms with van der Waals surface area (Å²) in [5.41, 5.74) is 6.78. The smallest absolute Gasteiger partial charge is 0.0729 e. The molecular formula is C19H17N3. The van der Waals surface area contributed by atoms with Gasteiger partial charge in [-0.3, -0.25) is 4.98 Å². The van der Waals surface area contributed by atoms with Crippen molar-refractivity contribution in [1.82, 2.24) is 14.9 Å². The van der Waals surface area contributed by atoms with Crippen LogP contribution in [0.3, 0.4) is 0 Å². The highest BCUT2D eigenvalue weighted by atomic mass is 15.2. The second-order valence-corrected chi connectivity index (χ2v) is 6.16. The van der Waals surface area contributed by atoms with Crippen LogP contribution in [-0.4, -0.2) is 21.4 Å². The van der Waals surface area contributed by atoms with E-state index in [9.17, 15) is 0 Å². The maximum absolute atomic E-state index is 4.26. The minimum atomic E-state index is 0.399. The van der Waals surface area contributed by atoms with Crippen LogP contribution in [0.25, 0.3) is 17.0 Å². The maximum atomic E-state index is 4.26. The number of H-pyrrole nitrogens is 1. The predicted octanol–water partition coefficient (Wildman–Crippen LogP) is 3.69. The highest BCUT2D eigenvalue weighted by Crippen LogP contribution is 2.38. The van der Waals surface area contributed by atoms with Crippen LogP contribution >= 0.6 is 0 Å². The van der Waals surface area contributed by atoms with Crippen molar-refractivity contribution in [2.45, 2.75) is 18.9 Å². The quantitative estimate of drug-likeness (QED) is 0.684. The zero-order chi connectivity index (χ0) is 14.5. The van der Waals surface area contributed by atoms with Gasteiger partial charge in [0, 0.05) is 41.7 Å². The lowest BCUT2D eigenvalue weighted by molar-refractivity contribution is 0.262. The van der Waals surface area contributed by atoms with E-state index in [1.54, 1.807) is 0 Å². The lowest BCUT2D eigenvalue weighted by atomic mass is 9.93. The molecule has 0 bridgehead atoms. The Labute approximate surface area is 129 Å². The molecule has 1 atom stereocenters. The van der Waals surface area contributed by atoms with Crippen molar-refractivity contribution in [2.75, 3.05) is 6.54 Å². The molecule has 2 aliphatic rings. The molecule has 1 N–H and O–H groups in total. The highest BCUT2D eigenvalue weighted by molar-refractivity contribution is 5.85. The fourth-order valence-corrected chi connectivity index (χ4v) is 3.89. The number of rotatable bonds is 0. The molecule has 5 rings (SSSR count). The zero-order valence-corrected chi connectivity index (χ0v) is 12.3. The molecule has 0 saturated heterocycles. The second-order valence-electron chi connectivity index (χ2n) is 6.16. The summed E-state index contributed by atoms with van der Waals surface area (Å²) in [5, 5.41) is 1.39. The number of fused-ring (bicyclic) bond motifs is 6. The van der Waals surface area contributed by atoms with Crippen molar-refractivity contribution in [3.8, 4) is 0 Å². The molecule has 3 nitrogen and oxygen atoms in total. The summed E-state index contributed by atoms with van der Waals surface area (Å²) in [4.78, 5) is 10.4. The van der Waals surface area contributed by atoms with Gasteiger partial charge in [0.1, 0.15) is 0 Å². The molecule has 3 aromatic rings. The van der Waals surface area contributed by atoms with E-state index >= 15 is 0 Å². The van der Waals surface area contributed by atoms with Crippen LogP contribution in [0.2, 0.25) is 0 Å². The number of benzene rings is 1. The first-order valence-electron chi connectivity index (χ1n) is 7.86. The Morgan fingerprint density at radius 2 is 2.14 bits per heavy atom. The number of pyridine rings is 1. The number of nitrogens with one attached hydrogen (secondary N) is 1. The molecule has 1 unspecified atom stereocenters. The Bertz CT molecular complexity index is 891. The monoisotopic (exact) mass is 287 g/mol. The summed E-state index contributed by atoms with van der Waals surface area (Å²) >= 11 is 0. The van der Waals surface area contributed by atoms with Gasteiger partial charge in [0.2, 0.25) is 0 Å². The number of aromatic nitrogens is 2. The molecule has 4 heterocycles. The van der Waals surface area contributed by atoms with Gasteiger partial charge >= 0.3 is 0 Å². The normalized spacial score (nSPS) is 19.5. The van der Waals surface area contributed by atoms with Crippen molar-refractivity contribution in [3.63, 3.8) is 0 Å². The Morgan fingerprint density at radius 1 is 1.18 bits per heavy atom. The molecule has 3 heteroatoms. The average Bonchev–Trinajstić information content (AvgIpc) is 2.83. The molecule has 1 aromatic carbocycles. The van der Waals surface area contributed by atoms with Gasteiger partial charge in [-0.25, -0.2) is 0 Å². The van der Waals surface area contributed by atoms with Crippen LogP contribution < -0.4 is 0 Å². The topological polar surface area (TPSA) is 31.9 Å².